The molecule has 88 valence electrons. The number of carboxylic acid groups (broad SMARTS) is 1. The highest BCUT2D eigenvalue weighted by atomic mass is 79.9. The summed E-state index contributed by atoms with van der Waals surface area (Å²) >= 11 is 3.33. The van der Waals surface area contributed by atoms with E-state index < -0.39 is 5.97 Å². The summed E-state index contributed by atoms with van der Waals surface area (Å²) in [6.07, 6.45) is 2.69. The summed E-state index contributed by atoms with van der Waals surface area (Å²) in [4.78, 5) is 23.5. The SMILES string of the molecule is O=CN1CCC(C(=O)O)=Cc2cc(Br)ccc21. The van der Waals surface area contributed by atoms with Crippen molar-refractivity contribution in [2.75, 3.05) is 11.4 Å². The largest absolute Gasteiger partial charge is 0.478 e. The van der Waals surface area contributed by atoms with Crippen LogP contribution < -0.4 is 4.90 Å². The zero-order chi connectivity index (χ0) is 12.4. The fourth-order valence-corrected chi connectivity index (χ4v) is 2.18. The lowest BCUT2D eigenvalue weighted by Gasteiger charge is -2.17. The first kappa shape index (κ1) is 11.9. The third-order valence-corrected chi connectivity index (χ3v) is 3.15. The van der Waals surface area contributed by atoms with E-state index in [0.29, 0.717) is 18.5 Å². The summed E-state index contributed by atoms with van der Waals surface area (Å²) in [5, 5.41) is 9.03. The van der Waals surface area contributed by atoms with Crippen LogP contribution in [0.4, 0.5) is 5.69 Å². The van der Waals surface area contributed by atoms with Crippen LogP contribution in [0.15, 0.2) is 28.2 Å². The van der Waals surface area contributed by atoms with Gasteiger partial charge in [-0.15, -0.1) is 0 Å². The number of hydrogen-bond acceptors (Lipinski definition) is 2. The molecule has 1 heterocycles. The molecule has 2 rings (SSSR count). The van der Waals surface area contributed by atoms with Gasteiger partial charge in [0.15, 0.2) is 0 Å². The molecule has 5 heteroatoms. The lowest BCUT2D eigenvalue weighted by molar-refractivity contribution is -0.132. The average molecular weight is 296 g/mol. The number of amides is 1. The van der Waals surface area contributed by atoms with Crippen LogP contribution in [0.25, 0.3) is 6.08 Å². The Bertz CT molecular complexity index is 510. The van der Waals surface area contributed by atoms with Crippen LogP contribution in [0.5, 0.6) is 0 Å². The van der Waals surface area contributed by atoms with Crippen LogP contribution in [0.3, 0.4) is 0 Å². The molecule has 17 heavy (non-hydrogen) atoms. The molecular formula is C12H10BrNO3. The fourth-order valence-electron chi connectivity index (χ4n) is 1.80. The molecule has 0 atom stereocenters. The first-order valence-corrected chi connectivity index (χ1v) is 5.86. The van der Waals surface area contributed by atoms with Gasteiger partial charge in [0.25, 0.3) is 0 Å². The Morgan fingerprint density at radius 1 is 1.47 bits per heavy atom. The molecule has 1 amide bonds. The smallest absolute Gasteiger partial charge is 0.331 e. The molecule has 1 aliphatic rings. The Labute approximate surface area is 107 Å². The standard InChI is InChI=1S/C12H10BrNO3/c13-10-1-2-11-9(6-10)5-8(12(16)17)3-4-14(11)7-15/h1-2,5-7H,3-4H2,(H,16,17). The maximum absolute atomic E-state index is 11.0. The number of nitrogens with zero attached hydrogens (tertiary/aromatic N) is 1. The van der Waals surface area contributed by atoms with Crippen molar-refractivity contribution >= 4 is 40.1 Å². The highest BCUT2D eigenvalue weighted by Crippen LogP contribution is 2.29. The molecule has 0 radical (unpaired) electrons. The van der Waals surface area contributed by atoms with Crippen LogP contribution >= 0.6 is 15.9 Å². The molecular weight excluding hydrogens is 286 g/mol. The monoisotopic (exact) mass is 295 g/mol. The third kappa shape index (κ3) is 2.39. The number of fused-ring (bicyclic) bond motifs is 1. The molecule has 0 aromatic heterocycles. The maximum atomic E-state index is 11.0. The molecule has 0 saturated carbocycles. The van der Waals surface area contributed by atoms with E-state index in [2.05, 4.69) is 15.9 Å². The minimum Gasteiger partial charge on any atom is -0.478 e. The van der Waals surface area contributed by atoms with E-state index >= 15 is 0 Å². The number of aliphatic carboxylic acids is 1. The van der Waals surface area contributed by atoms with Crippen LogP contribution in [0.1, 0.15) is 12.0 Å². The number of hydrogen-bond donors (Lipinski definition) is 1. The summed E-state index contributed by atoms with van der Waals surface area (Å²) in [5.74, 6) is -0.941. The van der Waals surface area contributed by atoms with Crippen LogP contribution in [0.2, 0.25) is 0 Å². The van der Waals surface area contributed by atoms with Crippen LogP contribution in [-0.4, -0.2) is 24.0 Å². The highest BCUT2D eigenvalue weighted by molar-refractivity contribution is 9.10. The number of benzene rings is 1. The fraction of sp³-hybridized carbons (Fsp3) is 0.167. The van der Waals surface area contributed by atoms with Gasteiger partial charge in [0, 0.05) is 16.6 Å². The van der Waals surface area contributed by atoms with Crippen molar-refractivity contribution in [1.29, 1.82) is 0 Å². The van der Waals surface area contributed by atoms with E-state index in [1.165, 1.54) is 4.90 Å². The second-order valence-electron chi connectivity index (χ2n) is 3.73. The molecule has 0 unspecified atom stereocenters. The minimum atomic E-state index is -0.941. The van der Waals surface area contributed by atoms with Gasteiger partial charge in [-0.2, -0.15) is 0 Å². The third-order valence-electron chi connectivity index (χ3n) is 2.65. The summed E-state index contributed by atoms with van der Waals surface area (Å²) in [6.45, 7) is 0.385. The van der Waals surface area contributed by atoms with Crippen molar-refractivity contribution in [3.8, 4) is 0 Å². The molecule has 0 aliphatic carbocycles. The van der Waals surface area contributed by atoms with Gasteiger partial charge in [0.05, 0.1) is 5.69 Å². The van der Waals surface area contributed by atoms with Gasteiger partial charge in [-0.3, -0.25) is 4.79 Å². The molecule has 4 nitrogen and oxygen atoms in total. The van der Waals surface area contributed by atoms with E-state index in [4.69, 9.17) is 5.11 Å². The van der Waals surface area contributed by atoms with Crippen molar-refractivity contribution in [1.82, 2.24) is 0 Å². The van der Waals surface area contributed by atoms with E-state index in [-0.39, 0.29) is 0 Å². The van der Waals surface area contributed by atoms with Gasteiger partial charge in [-0.05, 0) is 36.3 Å². The van der Waals surface area contributed by atoms with Crippen molar-refractivity contribution in [2.45, 2.75) is 6.42 Å². The lowest BCUT2D eigenvalue weighted by Crippen LogP contribution is -2.22. The van der Waals surface area contributed by atoms with Crippen LogP contribution in [-0.2, 0) is 9.59 Å². The van der Waals surface area contributed by atoms with Gasteiger partial charge < -0.3 is 10.0 Å². The molecule has 0 fully saturated rings. The van der Waals surface area contributed by atoms with Gasteiger partial charge in [-0.25, -0.2) is 4.79 Å². The Hall–Kier alpha value is -1.62. The zero-order valence-electron chi connectivity index (χ0n) is 8.89. The quantitative estimate of drug-likeness (QED) is 0.852. The Kier molecular flexibility index (Phi) is 3.28. The van der Waals surface area contributed by atoms with Gasteiger partial charge in [0.1, 0.15) is 0 Å². The number of rotatable bonds is 2. The molecule has 0 bridgehead atoms. The maximum Gasteiger partial charge on any atom is 0.331 e. The van der Waals surface area contributed by atoms with Crippen LogP contribution in [0, 0.1) is 0 Å². The average Bonchev–Trinajstić information content (AvgIpc) is 2.47. The number of carbonyl (C=O) groups is 2. The molecule has 1 aliphatic heterocycles. The lowest BCUT2D eigenvalue weighted by atomic mass is 10.1. The molecule has 1 N–H and O–H groups in total. The number of carbonyl (C=O) groups excluding carboxylic acids is 1. The van der Waals surface area contributed by atoms with Crippen molar-refractivity contribution in [2.24, 2.45) is 0 Å². The Morgan fingerprint density at radius 2 is 2.24 bits per heavy atom. The summed E-state index contributed by atoms with van der Waals surface area (Å²) in [6, 6.07) is 5.43. The molecule has 1 aromatic carbocycles. The van der Waals surface area contributed by atoms with E-state index in [9.17, 15) is 9.59 Å². The van der Waals surface area contributed by atoms with Crippen molar-refractivity contribution in [3.63, 3.8) is 0 Å². The normalized spacial score (nSPS) is 14.6. The van der Waals surface area contributed by atoms with Gasteiger partial charge in [-0.1, -0.05) is 15.9 Å². The second kappa shape index (κ2) is 4.71. The molecule has 0 spiro atoms. The first-order chi connectivity index (χ1) is 8.11. The second-order valence-corrected chi connectivity index (χ2v) is 4.64. The highest BCUT2D eigenvalue weighted by Gasteiger charge is 2.18. The molecule has 0 saturated heterocycles. The molecule has 1 aromatic rings. The minimum absolute atomic E-state index is 0.314. The van der Waals surface area contributed by atoms with Gasteiger partial charge >= 0.3 is 5.97 Å². The van der Waals surface area contributed by atoms with Crippen molar-refractivity contribution < 1.29 is 14.7 Å². The van der Waals surface area contributed by atoms with Gasteiger partial charge in [0.2, 0.25) is 6.41 Å². The summed E-state index contributed by atoms with van der Waals surface area (Å²) < 4.78 is 0.852. The number of anilines is 1. The number of halogens is 1. The Morgan fingerprint density at radius 3 is 2.88 bits per heavy atom. The predicted molar refractivity (Wildman–Crippen MR) is 67.8 cm³/mol. The van der Waals surface area contributed by atoms with E-state index in [1.54, 1.807) is 18.2 Å². The zero-order valence-corrected chi connectivity index (χ0v) is 10.5. The first-order valence-electron chi connectivity index (χ1n) is 5.07. The van der Waals surface area contributed by atoms with E-state index in [0.717, 1.165) is 22.1 Å². The summed E-state index contributed by atoms with van der Waals surface area (Å²) in [5.41, 5.74) is 1.79. The van der Waals surface area contributed by atoms with Crippen molar-refractivity contribution in [3.05, 3.63) is 33.8 Å². The van der Waals surface area contributed by atoms with E-state index in [1.807, 2.05) is 6.07 Å². The number of carboxylic acids is 1. The summed E-state index contributed by atoms with van der Waals surface area (Å²) in [7, 11) is 0. The Balaban J connectivity index is 2.55. The topological polar surface area (TPSA) is 57.6 Å². The predicted octanol–water partition coefficient (Wildman–Crippen LogP) is 2.28.